The van der Waals surface area contributed by atoms with Gasteiger partial charge in [-0.25, -0.2) is 0 Å². The van der Waals surface area contributed by atoms with E-state index in [1.165, 1.54) is 12.8 Å². The standard InChI is InChI=1S/C19H36O5/c1-4-6-9-17(12-15-22-3)13-16-24-19(21)11-8-7-10-18(20)23-14-5-2/h17H,4-16H2,1-3H3. The lowest BCUT2D eigenvalue weighted by molar-refractivity contribution is -0.146. The van der Waals surface area contributed by atoms with Gasteiger partial charge in [0.2, 0.25) is 0 Å². The van der Waals surface area contributed by atoms with Crippen LogP contribution in [0.15, 0.2) is 0 Å². The number of methoxy groups -OCH3 is 1. The van der Waals surface area contributed by atoms with E-state index in [1.54, 1.807) is 7.11 Å². The molecule has 0 bridgehead atoms. The van der Waals surface area contributed by atoms with Crippen LogP contribution in [-0.2, 0) is 23.8 Å². The molecule has 0 rings (SSSR count). The van der Waals surface area contributed by atoms with E-state index in [2.05, 4.69) is 6.92 Å². The molecule has 0 aliphatic carbocycles. The Bertz CT molecular complexity index is 309. The molecule has 1 unspecified atom stereocenters. The summed E-state index contributed by atoms with van der Waals surface area (Å²) >= 11 is 0. The second kappa shape index (κ2) is 16.7. The number of esters is 2. The zero-order valence-electron chi connectivity index (χ0n) is 15.8. The topological polar surface area (TPSA) is 61.8 Å². The quantitative estimate of drug-likeness (QED) is 0.309. The van der Waals surface area contributed by atoms with Crippen LogP contribution >= 0.6 is 0 Å². The predicted octanol–water partition coefficient (Wildman–Crippen LogP) is 4.28. The normalized spacial score (nSPS) is 12.0. The van der Waals surface area contributed by atoms with E-state index in [4.69, 9.17) is 14.2 Å². The molecule has 24 heavy (non-hydrogen) atoms. The molecule has 142 valence electrons. The summed E-state index contributed by atoms with van der Waals surface area (Å²) in [6.07, 6.45) is 8.40. The Labute approximate surface area is 147 Å². The van der Waals surface area contributed by atoms with E-state index in [1.807, 2.05) is 6.92 Å². The molecular formula is C19H36O5. The molecule has 0 aromatic heterocycles. The van der Waals surface area contributed by atoms with Crippen LogP contribution in [0.2, 0.25) is 0 Å². The van der Waals surface area contributed by atoms with Gasteiger partial charge in [-0.3, -0.25) is 9.59 Å². The number of ether oxygens (including phenoxy) is 3. The molecule has 0 saturated carbocycles. The van der Waals surface area contributed by atoms with Crippen molar-refractivity contribution >= 4 is 11.9 Å². The number of rotatable bonds is 16. The van der Waals surface area contributed by atoms with Gasteiger partial charge >= 0.3 is 11.9 Å². The van der Waals surface area contributed by atoms with Crippen LogP contribution in [0.3, 0.4) is 0 Å². The average molecular weight is 344 g/mol. The Morgan fingerprint density at radius 1 is 0.750 bits per heavy atom. The molecular weight excluding hydrogens is 308 g/mol. The molecule has 0 spiro atoms. The largest absolute Gasteiger partial charge is 0.466 e. The first-order valence-electron chi connectivity index (χ1n) is 9.44. The molecule has 0 radical (unpaired) electrons. The molecule has 5 nitrogen and oxygen atoms in total. The fraction of sp³-hybridized carbons (Fsp3) is 0.895. The maximum Gasteiger partial charge on any atom is 0.305 e. The first kappa shape index (κ1) is 22.9. The lowest BCUT2D eigenvalue weighted by Gasteiger charge is -2.16. The second-order valence-electron chi connectivity index (χ2n) is 6.23. The van der Waals surface area contributed by atoms with Crippen molar-refractivity contribution < 1.29 is 23.8 Å². The van der Waals surface area contributed by atoms with Crippen LogP contribution in [0.1, 0.15) is 78.1 Å². The summed E-state index contributed by atoms with van der Waals surface area (Å²) in [7, 11) is 1.72. The summed E-state index contributed by atoms with van der Waals surface area (Å²) in [5, 5.41) is 0. The summed E-state index contributed by atoms with van der Waals surface area (Å²) in [5.41, 5.74) is 0. The van der Waals surface area contributed by atoms with E-state index in [0.717, 1.165) is 32.3 Å². The van der Waals surface area contributed by atoms with Crippen LogP contribution < -0.4 is 0 Å². The van der Waals surface area contributed by atoms with E-state index < -0.39 is 0 Å². The van der Waals surface area contributed by atoms with Gasteiger partial charge in [0.1, 0.15) is 0 Å². The maximum absolute atomic E-state index is 11.7. The van der Waals surface area contributed by atoms with E-state index >= 15 is 0 Å². The van der Waals surface area contributed by atoms with Crippen molar-refractivity contribution in [3.63, 3.8) is 0 Å². The van der Waals surface area contributed by atoms with Crippen molar-refractivity contribution in [1.82, 2.24) is 0 Å². The highest BCUT2D eigenvalue weighted by Crippen LogP contribution is 2.17. The Morgan fingerprint density at radius 3 is 1.88 bits per heavy atom. The van der Waals surface area contributed by atoms with E-state index in [0.29, 0.717) is 44.8 Å². The molecule has 0 aliphatic rings. The zero-order valence-corrected chi connectivity index (χ0v) is 15.8. The predicted molar refractivity (Wildman–Crippen MR) is 94.8 cm³/mol. The number of carbonyl (C=O) groups is 2. The molecule has 5 heteroatoms. The highest BCUT2D eigenvalue weighted by molar-refractivity contribution is 5.70. The number of unbranched alkanes of at least 4 members (excludes halogenated alkanes) is 2. The molecule has 0 saturated heterocycles. The van der Waals surface area contributed by atoms with Gasteiger partial charge in [-0.1, -0.05) is 33.1 Å². The van der Waals surface area contributed by atoms with Crippen molar-refractivity contribution in [3.05, 3.63) is 0 Å². The van der Waals surface area contributed by atoms with Crippen molar-refractivity contribution in [2.45, 2.75) is 78.1 Å². The van der Waals surface area contributed by atoms with E-state index in [-0.39, 0.29) is 11.9 Å². The number of hydrogen-bond donors (Lipinski definition) is 0. The first-order valence-corrected chi connectivity index (χ1v) is 9.44. The van der Waals surface area contributed by atoms with Crippen molar-refractivity contribution in [2.75, 3.05) is 26.9 Å². The summed E-state index contributed by atoms with van der Waals surface area (Å²) in [6, 6.07) is 0. The van der Waals surface area contributed by atoms with Gasteiger partial charge in [-0.15, -0.1) is 0 Å². The molecule has 0 heterocycles. The summed E-state index contributed by atoms with van der Waals surface area (Å²) in [5.74, 6) is 0.214. The summed E-state index contributed by atoms with van der Waals surface area (Å²) in [4.78, 5) is 23.0. The fourth-order valence-corrected chi connectivity index (χ4v) is 2.45. The van der Waals surface area contributed by atoms with Gasteiger partial charge in [0.15, 0.2) is 0 Å². The maximum atomic E-state index is 11.7. The van der Waals surface area contributed by atoms with Crippen LogP contribution in [0.5, 0.6) is 0 Å². The third-order valence-corrected chi connectivity index (χ3v) is 3.96. The molecule has 0 aromatic rings. The minimum atomic E-state index is -0.179. The Kier molecular flexibility index (Phi) is 16.0. The average Bonchev–Trinajstić information content (AvgIpc) is 2.58. The fourth-order valence-electron chi connectivity index (χ4n) is 2.45. The second-order valence-corrected chi connectivity index (χ2v) is 6.23. The highest BCUT2D eigenvalue weighted by Gasteiger charge is 2.10. The molecule has 0 aliphatic heterocycles. The third kappa shape index (κ3) is 14.5. The summed E-state index contributed by atoms with van der Waals surface area (Å²) < 4.78 is 15.4. The number of hydrogen-bond acceptors (Lipinski definition) is 5. The first-order chi connectivity index (χ1) is 11.6. The van der Waals surface area contributed by atoms with Gasteiger partial charge in [0, 0.05) is 26.6 Å². The van der Waals surface area contributed by atoms with Gasteiger partial charge in [-0.2, -0.15) is 0 Å². The van der Waals surface area contributed by atoms with E-state index in [9.17, 15) is 9.59 Å². The third-order valence-electron chi connectivity index (χ3n) is 3.96. The van der Waals surface area contributed by atoms with Gasteiger partial charge < -0.3 is 14.2 Å². The molecule has 0 aromatic carbocycles. The van der Waals surface area contributed by atoms with Gasteiger partial charge in [0.05, 0.1) is 13.2 Å². The van der Waals surface area contributed by atoms with Crippen LogP contribution in [0.4, 0.5) is 0 Å². The Hall–Kier alpha value is -1.10. The lowest BCUT2D eigenvalue weighted by atomic mass is 9.96. The molecule has 0 amide bonds. The van der Waals surface area contributed by atoms with Gasteiger partial charge in [-0.05, 0) is 38.0 Å². The number of carbonyl (C=O) groups excluding carboxylic acids is 2. The zero-order chi connectivity index (χ0) is 18.0. The van der Waals surface area contributed by atoms with Gasteiger partial charge in [0.25, 0.3) is 0 Å². The van der Waals surface area contributed by atoms with Crippen molar-refractivity contribution in [2.24, 2.45) is 5.92 Å². The monoisotopic (exact) mass is 344 g/mol. The Morgan fingerprint density at radius 2 is 1.33 bits per heavy atom. The van der Waals surface area contributed by atoms with Crippen LogP contribution in [0, 0.1) is 5.92 Å². The van der Waals surface area contributed by atoms with Crippen LogP contribution in [0.25, 0.3) is 0 Å². The highest BCUT2D eigenvalue weighted by atomic mass is 16.5. The Balaban J connectivity index is 3.69. The van der Waals surface area contributed by atoms with Crippen molar-refractivity contribution in [1.29, 1.82) is 0 Å². The lowest BCUT2D eigenvalue weighted by Crippen LogP contribution is -2.12. The summed E-state index contributed by atoms with van der Waals surface area (Å²) in [6.45, 7) is 5.87. The smallest absolute Gasteiger partial charge is 0.305 e. The van der Waals surface area contributed by atoms with Crippen molar-refractivity contribution in [3.8, 4) is 0 Å². The van der Waals surface area contributed by atoms with Crippen LogP contribution in [-0.4, -0.2) is 38.9 Å². The SMILES string of the molecule is CCCCC(CCOC)CCOC(=O)CCCCC(=O)OCCC. The molecule has 0 fully saturated rings. The minimum absolute atomic E-state index is 0.169. The molecule has 1 atom stereocenters. The minimum Gasteiger partial charge on any atom is -0.466 e. The molecule has 0 N–H and O–H groups in total.